The smallest absolute Gasteiger partial charge is 0.421 e. The van der Waals surface area contributed by atoms with Crippen molar-refractivity contribution < 1.29 is 28.2 Å². The van der Waals surface area contributed by atoms with Gasteiger partial charge in [-0.1, -0.05) is 61.4 Å². The van der Waals surface area contributed by atoms with E-state index in [-0.39, 0.29) is 30.8 Å². The maximum atomic E-state index is 13.9. The number of nitrogens with one attached hydrogen (secondary N) is 1. The van der Waals surface area contributed by atoms with E-state index in [0.29, 0.717) is 12.8 Å². The average Bonchev–Trinajstić information content (AvgIpc) is 2.83. The molecule has 2 aliphatic rings. The molecule has 2 fully saturated rings. The van der Waals surface area contributed by atoms with Gasteiger partial charge < -0.3 is 15.5 Å². The largest absolute Gasteiger partial charge is 0.508 e. The second-order valence-electron chi connectivity index (χ2n) is 9.75. The zero-order valence-corrected chi connectivity index (χ0v) is 20.0. The Morgan fingerprint density at radius 3 is 2.53 bits per heavy atom. The Morgan fingerprint density at radius 1 is 1.14 bits per heavy atom. The van der Waals surface area contributed by atoms with Gasteiger partial charge in [0.05, 0.1) is 11.8 Å². The van der Waals surface area contributed by atoms with Crippen LogP contribution in [0.3, 0.4) is 0 Å². The van der Waals surface area contributed by atoms with Gasteiger partial charge in [-0.25, -0.2) is 0 Å². The van der Waals surface area contributed by atoms with Crippen LogP contribution in [0, 0.1) is 0 Å². The van der Waals surface area contributed by atoms with E-state index in [1.807, 2.05) is 6.07 Å². The number of fused-ring (bicyclic) bond motifs is 1. The summed E-state index contributed by atoms with van der Waals surface area (Å²) in [6.45, 7) is 4.19. The van der Waals surface area contributed by atoms with Crippen molar-refractivity contribution in [3.63, 3.8) is 0 Å². The average molecular weight is 501 g/mol. The molecule has 36 heavy (non-hydrogen) atoms. The first-order valence-corrected chi connectivity index (χ1v) is 12.1. The standard InChI is InChI=1S/C28H31F3N2O3/c1-2-15-33-19-27(36)14-7-6-13-26(27,21-11-8-12-22(34)17-21)18-24(33)32-25(35)23(28(29,30)31)16-20-9-4-3-5-10-20/h2-5,8-12,16-17,24,34,36H,1,6-7,13-15,18-19H2,(H,32,35)/t24-,26-,27?/m0/s1. The molecular formula is C28H31F3N2O3. The monoisotopic (exact) mass is 500 g/mol. The Hall–Kier alpha value is -3.10. The summed E-state index contributed by atoms with van der Waals surface area (Å²) < 4.78 is 41.8. The number of halogens is 3. The lowest BCUT2D eigenvalue weighted by Gasteiger charge is -2.59. The minimum absolute atomic E-state index is 0.0501. The van der Waals surface area contributed by atoms with Crippen molar-refractivity contribution in [2.24, 2.45) is 0 Å². The second kappa shape index (κ2) is 10.1. The lowest BCUT2D eigenvalue weighted by molar-refractivity contribution is -0.149. The van der Waals surface area contributed by atoms with E-state index >= 15 is 0 Å². The Bertz CT molecular complexity index is 1130. The lowest BCUT2D eigenvalue weighted by atomic mass is 9.55. The van der Waals surface area contributed by atoms with Crippen LogP contribution in [0.15, 0.2) is 72.8 Å². The topological polar surface area (TPSA) is 72.8 Å². The van der Waals surface area contributed by atoms with Crippen molar-refractivity contribution in [3.8, 4) is 5.75 Å². The molecule has 3 atom stereocenters. The number of phenols is 1. The molecule has 0 spiro atoms. The van der Waals surface area contributed by atoms with E-state index in [4.69, 9.17) is 0 Å². The highest BCUT2D eigenvalue weighted by Crippen LogP contribution is 2.53. The minimum Gasteiger partial charge on any atom is -0.508 e. The van der Waals surface area contributed by atoms with Gasteiger partial charge in [0.15, 0.2) is 0 Å². The number of carbonyl (C=O) groups is 1. The molecule has 0 radical (unpaired) electrons. The molecule has 5 nitrogen and oxygen atoms in total. The highest BCUT2D eigenvalue weighted by atomic mass is 19.4. The van der Waals surface area contributed by atoms with Crippen molar-refractivity contribution in [2.75, 3.05) is 13.1 Å². The summed E-state index contributed by atoms with van der Waals surface area (Å²) in [6, 6.07) is 14.6. The summed E-state index contributed by atoms with van der Waals surface area (Å²) >= 11 is 0. The summed E-state index contributed by atoms with van der Waals surface area (Å²) in [5.41, 5.74) is -2.30. The predicted octanol–water partition coefficient (Wildman–Crippen LogP) is 4.92. The van der Waals surface area contributed by atoms with Crippen LogP contribution in [-0.4, -0.2) is 52.1 Å². The minimum atomic E-state index is -4.85. The van der Waals surface area contributed by atoms with Gasteiger partial charge in [-0.15, -0.1) is 6.58 Å². The Labute approximate surface area is 208 Å². The summed E-state index contributed by atoms with van der Waals surface area (Å²) in [5.74, 6) is -1.17. The number of carbonyl (C=O) groups excluding carboxylic acids is 1. The molecule has 192 valence electrons. The summed E-state index contributed by atoms with van der Waals surface area (Å²) in [5, 5.41) is 24.7. The van der Waals surface area contributed by atoms with Crippen molar-refractivity contribution in [3.05, 3.63) is 84.0 Å². The molecule has 0 aromatic heterocycles. The van der Waals surface area contributed by atoms with Gasteiger partial charge in [-0.05, 0) is 48.6 Å². The molecule has 4 rings (SSSR count). The van der Waals surface area contributed by atoms with E-state index in [1.54, 1.807) is 41.3 Å². The molecule has 8 heteroatoms. The molecule has 0 bridgehead atoms. The first-order valence-electron chi connectivity index (χ1n) is 12.1. The first kappa shape index (κ1) is 26.0. The van der Waals surface area contributed by atoms with Crippen LogP contribution in [0.2, 0.25) is 0 Å². The number of alkyl halides is 3. The van der Waals surface area contributed by atoms with Crippen LogP contribution in [0.25, 0.3) is 6.08 Å². The van der Waals surface area contributed by atoms with Crippen molar-refractivity contribution in [2.45, 2.75) is 55.5 Å². The number of amides is 1. The second-order valence-corrected chi connectivity index (χ2v) is 9.75. The summed E-state index contributed by atoms with van der Waals surface area (Å²) in [6.07, 6.45) is -0.246. The third-order valence-electron chi connectivity index (χ3n) is 7.50. The molecule has 1 aliphatic heterocycles. The third kappa shape index (κ3) is 5.06. The number of piperidine rings is 1. The normalized spacial score (nSPS) is 27.2. The number of benzene rings is 2. The van der Waals surface area contributed by atoms with E-state index in [0.717, 1.165) is 24.5 Å². The number of aromatic hydroxyl groups is 1. The van der Waals surface area contributed by atoms with E-state index in [1.165, 1.54) is 18.2 Å². The highest BCUT2D eigenvalue weighted by molar-refractivity contribution is 5.99. The zero-order chi connectivity index (χ0) is 26.0. The molecule has 1 saturated carbocycles. The molecule has 3 N–H and O–H groups in total. The fourth-order valence-electron chi connectivity index (χ4n) is 5.80. The van der Waals surface area contributed by atoms with Crippen LogP contribution in [0.5, 0.6) is 5.75 Å². The van der Waals surface area contributed by atoms with Gasteiger partial charge in [-0.2, -0.15) is 13.2 Å². The summed E-state index contributed by atoms with van der Waals surface area (Å²) in [7, 11) is 0. The molecule has 1 heterocycles. The Balaban J connectivity index is 1.71. The Kier molecular flexibility index (Phi) is 7.29. The van der Waals surface area contributed by atoms with Gasteiger partial charge in [0.1, 0.15) is 11.3 Å². The van der Waals surface area contributed by atoms with E-state index in [2.05, 4.69) is 11.9 Å². The van der Waals surface area contributed by atoms with Gasteiger partial charge in [0, 0.05) is 18.5 Å². The van der Waals surface area contributed by atoms with Crippen molar-refractivity contribution in [1.29, 1.82) is 0 Å². The number of β-amino-alcohol motifs (C(OH)–C–C–N with tert-alkyl or cyclic N) is 1. The number of rotatable bonds is 6. The van der Waals surface area contributed by atoms with Crippen LogP contribution in [0.4, 0.5) is 13.2 Å². The fraction of sp³-hybridized carbons (Fsp3) is 0.393. The maximum absolute atomic E-state index is 13.9. The number of phenolic OH excluding ortho intramolecular Hbond substituents is 1. The van der Waals surface area contributed by atoms with Gasteiger partial charge in [0.25, 0.3) is 5.91 Å². The fourth-order valence-corrected chi connectivity index (χ4v) is 5.80. The van der Waals surface area contributed by atoms with Gasteiger partial charge in [0.2, 0.25) is 0 Å². The number of likely N-dealkylation sites (tertiary alicyclic amines) is 1. The molecule has 1 aliphatic carbocycles. The predicted molar refractivity (Wildman–Crippen MR) is 132 cm³/mol. The number of hydrogen-bond donors (Lipinski definition) is 3. The summed E-state index contributed by atoms with van der Waals surface area (Å²) in [4.78, 5) is 14.9. The SMILES string of the molecule is C=CCN1CC2(O)CCCC[C@@]2(c2cccc(O)c2)C[C@H]1NC(=O)C(=Cc1ccccc1)C(F)(F)F. The van der Waals surface area contributed by atoms with Crippen LogP contribution < -0.4 is 5.32 Å². The lowest BCUT2D eigenvalue weighted by Crippen LogP contribution is -2.69. The van der Waals surface area contributed by atoms with Gasteiger partial charge in [-0.3, -0.25) is 9.69 Å². The molecule has 1 unspecified atom stereocenters. The van der Waals surface area contributed by atoms with Crippen molar-refractivity contribution in [1.82, 2.24) is 10.2 Å². The van der Waals surface area contributed by atoms with Crippen LogP contribution in [0.1, 0.15) is 43.2 Å². The number of nitrogens with zero attached hydrogens (tertiary/aromatic N) is 1. The maximum Gasteiger partial charge on any atom is 0.421 e. The number of hydrogen-bond acceptors (Lipinski definition) is 4. The third-order valence-corrected chi connectivity index (χ3v) is 7.50. The molecular weight excluding hydrogens is 469 g/mol. The molecule has 1 saturated heterocycles. The highest BCUT2D eigenvalue weighted by Gasteiger charge is 2.58. The van der Waals surface area contributed by atoms with Crippen molar-refractivity contribution >= 4 is 12.0 Å². The zero-order valence-electron chi connectivity index (χ0n) is 20.0. The van der Waals surface area contributed by atoms with E-state index < -0.39 is 34.8 Å². The molecule has 2 aromatic rings. The number of aliphatic hydroxyl groups is 1. The van der Waals surface area contributed by atoms with Gasteiger partial charge >= 0.3 is 6.18 Å². The van der Waals surface area contributed by atoms with Crippen LogP contribution in [-0.2, 0) is 10.2 Å². The first-order chi connectivity index (χ1) is 17.1. The van der Waals surface area contributed by atoms with Crippen LogP contribution >= 0.6 is 0 Å². The molecule has 1 amide bonds. The van der Waals surface area contributed by atoms with E-state index in [9.17, 15) is 28.2 Å². The quantitative estimate of drug-likeness (QED) is 0.389. The Morgan fingerprint density at radius 2 is 1.86 bits per heavy atom. The molecule has 2 aromatic carbocycles.